The predicted octanol–water partition coefficient (Wildman–Crippen LogP) is 4.10. The van der Waals surface area contributed by atoms with Crippen LogP contribution in [0.2, 0.25) is 5.02 Å². The molecule has 2 heterocycles. The van der Waals surface area contributed by atoms with E-state index in [1.165, 1.54) is 12.8 Å². The van der Waals surface area contributed by atoms with Gasteiger partial charge >= 0.3 is 0 Å². The van der Waals surface area contributed by atoms with E-state index in [9.17, 15) is 0 Å². The van der Waals surface area contributed by atoms with Gasteiger partial charge < -0.3 is 4.90 Å². The molecule has 2 nitrogen and oxygen atoms in total. The van der Waals surface area contributed by atoms with Gasteiger partial charge in [-0.25, -0.2) is 4.98 Å². The van der Waals surface area contributed by atoms with Gasteiger partial charge in [-0.3, -0.25) is 0 Å². The Hall–Kier alpha value is -0.470. The van der Waals surface area contributed by atoms with E-state index in [1.807, 2.05) is 6.07 Å². The summed E-state index contributed by atoms with van der Waals surface area (Å²) in [4.78, 5) is 6.74. The molecule has 4 heteroatoms. The molecule has 0 N–H and O–H groups in total. The maximum absolute atomic E-state index is 6.03. The molecular weight excluding hydrogens is 255 g/mol. The molecule has 0 amide bonds. The van der Waals surface area contributed by atoms with Crippen molar-refractivity contribution in [3.05, 3.63) is 22.8 Å². The Morgan fingerprint density at radius 3 is 2.88 bits per heavy atom. The second-order valence-electron chi connectivity index (χ2n) is 5.46. The maximum Gasteiger partial charge on any atom is 0.128 e. The summed E-state index contributed by atoms with van der Waals surface area (Å²) >= 11 is 11.9. The minimum absolute atomic E-state index is 0.362. The van der Waals surface area contributed by atoms with Crippen molar-refractivity contribution in [1.82, 2.24) is 4.98 Å². The molecule has 0 saturated carbocycles. The highest BCUT2D eigenvalue weighted by molar-refractivity contribution is 6.32. The van der Waals surface area contributed by atoms with Crippen LogP contribution in [0.1, 0.15) is 32.3 Å². The first-order valence-electron chi connectivity index (χ1n) is 5.97. The number of nitrogens with zero attached hydrogens (tertiary/aromatic N) is 2. The van der Waals surface area contributed by atoms with Crippen LogP contribution in [-0.2, 0) is 5.88 Å². The molecule has 0 radical (unpaired) electrons. The summed E-state index contributed by atoms with van der Waals surface area (Å²) in [7, 11) is 0. The number of piperidine rings is 1. The smallest absolute Gasteiger partial charge is 0.128 e. The van der Waals surface area contributed by atoms with Crippen molar-refractivity contribution in [3.8, 4) is 0 Å². The highest BCUT2D eigenvalue weighted by Gasteiger charge is 2.27. The van der Waals surface area contributed by atoms with E-state index in [-0.39, 0.29) is 0 Å². The molecule has 1 aromatic rings. The van der Waals surface area contributed by atoms with Gasteiger partial charge in [0, 0.05) is 25.2 Å². The summed E-state index contributed by atoms with van der Waals surface area (Å²) < 4.78 is 0. The first-order valence-corrected chi connectivity index (χ1v) is 6.88. The molecule has 2 rings (SSSR count). The summed E-state index contributed by atoms with van der Waals surface area (Å²) in [6, 6.07) is 2.01. The van der Waals surface area contributed by atoms with Crippen LogP contribution in [-0.4, -0.2) is 18.1 Å². The summed E-state index contributed by atoms with van der Waals surface area (Å²) in [5, 5.41) is 0.653. The SMILES string of the molecule is CC1(C)CCCN(c2cc(CCl)c(Cl)cn2)C1. The Morgan fingerprint density at radius 1 is 1.47 bits per heavy atom. The summed E-state index contributed by atoms with van der Waals surface area (Å²) in [6.45, 7) is 6.72. The zero-order valence-corrected chi connectivity index (χ0v) is 11.9. The van der Waals surface area contributed by atoms with Crippen molar-refractivity contribution in [1.29, 1.82) is 0 Å². The van der Waals surface area contributed by atoms with Crippen molar-refractivity contribution < 1.29 is 0 Å². The van der Waals surface area contributed by atoms with Crippen LogP contribution in [0.3, 0.4) is 0 Å². The van der Waals surface area contributed by atoms with E-state index in [0.717, 1.165) is 24.5 Å². The minimum Gasteiger partial charge on any atom is -0.356 e. The van der Waals surface area contributed by atoms with Crippen molar-refractivity contribution in [2.45, 2.75) is 32.6 Å². The van der Waals surface area contributed by atoms with E-state index < -0.39 is 0 Å². The standard InChI is InChI=1S/C13H18Cl2N2/c1-13(2)4-3-5-17(9-13)12-6-10(7-14)11(15)8-16-12/h6,8H,3-5,7,9H2,1-2H3. The molecule has 0 spiro atoms. The number of alkyl halides is 1. The molecule has 1 aliphatic rings. The number of anilines is 1. The lowest BCUT2D eigenvalue weighted by Crippen LogP contribution is -2.40. The Morgan fingerprint density at radius 2 is 2.24 bits per heavy atom. The first-order chi connectivity index (χ1) is 8.02. The van der Waals surface area contributed by atoms with Gasteiger partial charge in [-0.1, -0.05) is 25.4 Å². The van der Waals surface area contributed by atoms with E-state index in [1.54, 1.807) is 6.20 Å². The van der Waals surface area contributed by atoms with Crippen molar-refractivity contribution >= 4 is 29.0 Å². The normalized spacial score (nSPS) is 19.4. The molecular formula is C13H18Cl2N2. The number of rotatable bonds is 2. The van der Waals surface area contributed by atoms with Gasteiger partial charge in [0.05, 0.1) is 5.02 Å². The maximum atomic E-state index is 6.03. The van der Waals surface area contributed by atoms with Gasteiger partial charge in [-0.2, -0.15) is 0 Å². The van der Waals surface area contributed by atoms with Crippen LogP contribution in [0.15, 0.2) is 12.3 Å². The van der Waals surface area contributed by atoms with E-state index in [4.69, 9.17) is 23.2 Å². The average molecular weight is 273 g/mol. The Bertz CT molecular complexity index is 404. The zero-order chi connectivity index (χ0) is 12.5. The molecule has 0 aliphatic carbocycles. The van der Waals surface area contributed by atoms with E-state index in [2.05, 4.69) is 23.7 Å². The molecule has 0 atom stereocenters. The van der Waals surface area contributed by atoms with Crippen LogP contribution in [0, 0.1) is 5.41 Å². The Balaban J connectivity index is 2.22. The lowest BCUT2D eigenvalue weighted by molar-refractivity contribution is 0.292. The van der Waals surface area contributed by atoms with Crippen molar-refractivity contribution in [2.24, 2.45) is 5.41 Å². The molecule has 1 saturated heterocycles. The lowest BCUT2D eigenvalue weighted by Gasteiger charge is -2.38. The monoisotopic (exact) mass is 272 g/mol. The molecule has 17 heavy (non-hydrogen) atoms. The summed E-state index contributed by atoms with van der Waals surface area (Å²) in [5.41, 5.74) is 1.32. The average Bonchev–Trinajstić information content (AvgIpc) is 2.28. The van der Waals surface area contributed by atoms with Gasteiger partial charge in [0.1, 0.15) is 5.82 Å². The van der Waals surface area contributed by atoms with Crippen LogP contribution in [0.4, 0.5) is 5.82 Å². The zero-order valence-electron chi connectivity index (χ0n) is 10.3. The van der Waals surface area contributed by atoms with Crippen LogP contribution >= 0.6 is 23.2 Å². The second-order valence-corrected chi connectivity index (χ2v) is 6.13. The Labute approximate surface area is 113 Å². The number of halogens is 2. The third kappa shape index (κ3) is 3.05. The number of hydrogen-bond acceptors (Lipinski definition) is 2. The van der Waals surface area contributed by atoms with Crippen molar-refractivity contribution in [3.63, 3.8) is 0 Å². The number of pyridine rings is 1. The second kappa shape index (κ2) is 5.03. The largest absolute Gasteiger partial charge is 0.356 e. The van der Waals surface area contributed by atoms with E-state index in [0.29, 0.717) is 16.3 Å². The van der Waals surface area contributed by atoms with Gasteiger partial charge in [-0.05, 0) is 29.9 Å². The highest BCUT2D eigenvalue weighted by atomic mass is 35.5. The third-order valence-corrected chi connectivity index (χ3v) is 3.92. The van der Waals surface area contributed by atoms with Gasteiger partial charge in [-0.15, -0.1) is 11.6 Å². The fraction of sp³-hybridized carbons (Fsp3) is 0.615. The molecule has 0 bridgehead atoms. The predicted molar refractivity (Wildman–Crippen MR) is 74.0 cm³/mol. The number of hydrogen-bond donors (Lipinski definition) is 0. The summed E-state index contributed by atoms with van der Waals surface area (Å²) in [5.74, 6) is 1.43. The van der Waals surface area contributed by atoms with Crippen molar-refractivity contribution in [2.75, 3.05) is 18.0 Å². The lowest BCUT2D eigenvalue weighted by atomic mass is 9.84. The molecule has 1 aliphatic heterocycles. The van der Waals surface area contributed by atoms with Crippen LogP contribution < -0.4 is 4.90 Å². The molecule has 94 valence electrons. The quantitative estimate of drug-likeness (QED) is 0.754. The fourth-order valence-corrected chi connectivity index (χ4v) is 2.82. The van der Waals surface area contributed by atoms with Gasteiger partial charge in [0.2, 0.25) is 0 Å². The molecule has 0 unspecified atom stereocenters. The first kappa shape index (κ1) is 13.0. The highest BCUT2D eigenvalue weighted by Crippen LogP contribution is 2.31. The number of aromatic nitrogens is 1. The third-order valence-electron chi connectivity index (χ3n) is 3.29. The molecule has 1 aromatic heterocycles. The topological polar surface area (TPSA) is 16.1 Å². The molecule has 1 fully saturated rings. The minimum atomic E-state index is 0.362. The fourth-order valence-electron chi connectivity index (χ4n) is 2.36. The van der Waals surface area contributed by atoms with E-state index >= 15 is 0 Å². The van der Waals surface area contributed by atoms with Crippen LogP contribution in [0.5, 0.6) is 0 Å². The van der Waals surface area contributed by atoms with Gasteiger partial charge in [0.15, 0.2) is 0 Å². The summed E-state index contributed by atoms with van der Waals surface area (Å²) in [6.07, 6.45) is 4.20. The molecule has 0 aromatic carbocycles. The van der Waals surface area contributed by atoms with Crippen LogP contribution in [0.25, 0.3) is 0 Å². The van der Waals surface area contributed by atoms with Gasteiger partial charge in [0.25, 0.3) is 0 Å². The Kier molecular flexibility index (Phi) is 3.84.